The summed E-state index contributed by atoms with van der Waals surface area (Å²) in [5.74, 6) is 0. The van der Waals surface area contributed by atoms with Crippen molar-refractivity contribution in [3.05, 3.63) is 53.1 Å². The van der Waals surface area contributed by atoms with Gasteiger partial charge in [-0.25, -0.2) is 0 Å². The van der Waals surface area contributed by atoms with Gasteiger partial charge in [-0.2, -0.15) is 5.10 Å². The highest BCUT2D eigenvalue weighted by Gasteiger charge is 2.11. The molecule has 0 saturated heterocycles. The third kappa shape index (κ3) is 1.79. The standard InChI is InChI=1S/C15H13ClN2/c1-2-10-5-3-6-11(9-10)15-14-12(16)7-4-8-13(14)17-18-15/h3-9H,2H2,1H3,(H,17,18). The van der Waals surface area contributed by atoms with Gasteiger partial charge in [0.15, 0.2) is 0 Å². The van der Waals surface area contributed by atoms with E-state index in [4.69, 9.17) is 11.6 Å². The molecule has 1 heterocycles. The van der Waals surface area contributed by atoms with Crippen molar-refractivity contribution in [3.63, 3.8) is 0 Å². The van der Waals surface area contributed by atoms with Gasteiger partial charge in [0.2, 0.25) is 0 Å². The molecular weight excluding hydrogens is 244 g/mol. The summed E-state index contributed by atoms with van der Waals surface area (Å²) in [6.45, 7) is 2.15. The lowest BCUT2D eigenvalue weighted by molar-refractivity contribution is 1.11. The van der Waals surface area contributed by atoms with Crippen LogP contribution >= 0.6 is 11.6 Å². The first-order chi connectivity index (χ1) is 8.79. The number of rotatable bonds is 2. The second-order valence-electron chi connectivity index (χ2n) is 4.29. The molecule has 0 aliphatic heterocycles. The second-order valence-corrected chi connectivity index (χ2v) is 4.70. The fraction of sp³-hybridized carbons (Fsp3) is 0.133. The van der Waals surface area contributed by atoms with Crippen LogP contribution in [0.25, 0.3) is 22.2 Å². The molecule has 0 spiro atoms. The van der Waals surface area contributed by atoms with Gasteiger partial charge in [-0.15, -0.1) is 0 Å². The maximum Gasteiger partial charge on any atom is 0.101 e. The van der Waals surface area contributed by atoms with Crippen molar-refractivity contribution in [1.29, 1.82) is 0 Å². The Bertz CT molecular complexity index is 701. The molecule has 0 radical (unpaired) electrons. The van der Waals surface area contributed by atoms with Crippen molar-refractivity contribution < 1.29 is 0 Å². The lowest BCUT2D eigenvalue weighted by Gasteiger charge is -2.02. The minimum absolute atomic E-state index is 0.734. The van der Waals surface area contributed by atoms with E-state index in [2.05, 4.69) is 41.4 Å². The van der Waals surface area contributed by atoms with Gasteiger partial charge < -0.3 is 0 Å². The molecule has 3 aromatic rings. The number of nitrogens with one attached hydrogen (secondary N) is 1. The topological polar surface area (TPSA) is 28.7 Å². The Hall–Kier alpha value is -1.80. The van der Waals surface area contributed by atoms with Crippen LogP contribution in [0.15, 0.2) is 42.5 Å². The Morgan fingerprint density at radius 1 is 1.17 bits per heavy atom. The average Bonchev–Trinajstić information content (AvgIpc) is 2.84. The summed E-state index contributed by atoms with van der Waals surface area (Å²) in [4.78, 5) is 0. The lowest BCUT2D eigenvalue weighted by atomic mass is 10.0. The van der Waals surface area contributed by atoms with Gasteiger partial charge in [0, 0.05) is 10.9 Å². The van der Waals surface area contributed by atoms with Crippen molar-refractivity contribution in [1.82, 2.24) is 10.2 Å². The van der Waals surface area contributed by atoms with Crippen LogP contribution in [0.5, 0.6) is 0 Å². The van der Waals surface area contributed by atoms with Crippen LogP contribution in [0.1, 0.15) is 12.5 Å². The highest BCUT2D eigenvalue weighted by Crippen LogP contribution is 2.32. The smallest absolute Gasteiger partial charge is 0.101 e. The zero-order valence-electron chi connectivity index (χ0n) is 10.1. The number of hydrogen-bond donors (Lipinski definition) is 1. The minimum atomic E-state index is 0.734. The Morgan fingerprint density at radius 2 is 2.00 bits per heavy atom. The van der Waals surface area contributed by atoms with Gasteiger partial charge in [-0.3, -0.25) is 5.10 Å². The van der Waals surface area contributed by atoms with E-state index >= 15 is 0 Å². The highest BCUT2D eigenvalue weighted by molar-refractivity contribution is 6.36. The molecule has 90 valence electrons. The minimum Gasteiger partial charge on any atom is -0.277 e. The molecule has 0 aliphatic carbocycles. The third-order valence-electron chi connectivity index (χ3n) is 3.15. The quantitative estimate of drug-likeness (QED) is 0.721. The van der Waals surface area contributed by atoms with Crippen molar-refractivity contribution >= 4 is 22.5 Å². The van der Waals surface area contributed by atoms with E-state index in [0.29, 0.717) is 0 Å². The van der Waals surface area contributed by atoms with E-state index in [0.717, 1.165) is 33.6 Å². The molecule has 1 N–H and O–H groups in total. The van der Waals surface area contributed by atoms with Gasteiger partial charge in [-0.05, 0) is 30.2 Å². The fourth-order valence-electron chi connectivity index (χ4n) is 2.18. The summed E-state index contributed by atoms with van der Waals surface area (Å²) in [6, 6.07) is 14.2. The number of nitrogens with zero attached hydrogens (tertiary/aromatic N) is 1. The number of benzene rings is 2. The summed E-state index contributed by atoms with van der Waals surface area (Å²) >= 11 is 6.27. The summed E-state index contributed by atoms with van der Waals surface area (Å²) in [7, 11) is 0. The molecule has 2 nitrogen and oxygen atoms in total. The Kier molecular flexibility index (Phi) is 2.80. The molecule has 3 heteroatoms. The van der Waals surface area contributed by atoms with Crippen molar-refractivity contribution in [2.45, 2.75) is 13.3 Å². The largest absolute Gasteiger partial charge is 0.277 e. The Labute approximate surface area is 111 Å². The fourth-order valence-corrected chi connectivity index (χ4v) is 2.44. The molecule has 18 heavy (non-hydrogen) atoms. The van der Waals surface area contributed by atoms with Crippen LogP contribution in [0.4, 0.5) is 0 Å². The van der Waals surface area contributed by atoms with Crippen LogP contribution in [0, 0.1) is 0 Å². The number of halogens is 1. The van der Waals surface area contributed by atoms with Gasteiger partial charge in [0.1, 0.15) is 5.69 Å². The number of hydrogen-bond acceptors (Lipinski definition) is 1. The van der Waals surface area contributed by atoms with E-state index in [1.54, 1.807) is 0 Å². The SMILES string of the molecule is CCc1cccc(-c2n[nH]c3cccc(Cl)c23)c1. The first-order valence-corrected chi connectivity index (χ1v) is 6.39. The summed E-state index contributed by atoms with van der Waals surface area (Å²) in [6.07, 6.45) is 1.02. The summed E-state index contributed by atoms with van der Waals surface area (Å²) < 4.78 is 0. The highest BCUT2D eigenvalue weighted by atomic mass is 35.5. The second kappa shape index (κ2) is 4.46. The van der Waals surface area contributed by atoms with E-state index in [-0.39, 0.29) is 0 Å². The van der Waals surface area contributed by atoms with Gasteiger partial charge in [0.05, 0.1) is 10.5 Å². The molecule has 3 rings (SSSR count). The van der Waals surface area contributed by atoms with Crippen LogP contribution in [0.2, 0.25) is 5.02 Å². The van der Waals surface area contributed by atoms with Crippen LogP contribution in [0.3, 0.4) is 0 Å². The van der Waals surface area contributed by atoms with Gasteiger partial charge >= 0.3 is 0 Å². The molecule has 2 aromatic carbocycles. The number of fused-ring (bicyclic) bond motifs is 1. The Balaban J connectivity index is 2.25. The molecule has 0 saturated carbocycles. The van der Waals surface area contributed by atoms with Crippen LogP contribution in [-0.2, 0) is 6.42 Å². The maximum absolute atomic E-state index is 6.27. The summed E-state index contributed by atoms with van der Waals surface area (Å²) in [5.41, 5.74) is 4.30. The molecular formula is C15H13ClN2. The van der Waals surface area contributed by atoms with Gasteiger partial charge in [-0.1, -0.05) is 42.8 Å². The maximum atomic E-state index is 6.27. The molecule has 0 amide bonds. The number of H-pyrrole nitrogens is 1. The van der Waals surface area contributed by atoms with Crippen LogP contribution < -0.4 is 0 Å². The normalized spacial score (nSPS) is 11.0. The van der Waals surface area contributed by atoms with Crippen molar-refractivity contribution in [3.8, 4) is 11.3 Å². The zero-order chi connectivity index (χ0) is 12.5. The van der Waals surface area contributed by atoms with Gasteiger partial charge in [0.25, 0.3) is 0 Å². The number of aromatic nitrogens is 2. The van der Waals surface area contributed by atoms with E-state index < -0.39 is 0 Å². The van der Waals surface area contributed by atoms with E-state index in [1.807, 2.05) is 18.2 Å². The van der Waals surface area contributed by atoms with E-state index in [1.165, 1.54) is 5.56 Å². The molecule has 1 aromatic heterocycles. The molecule has 0 bridgehead atoms. The predicted octanol–water partition coefficient (Wildman–Crippen LogP) is 4.45. The number of aryl methyl sites for hydroxylation is 1. The monoisotopic (exact) mass is 256 g/mol. The van der Waals surface area contributed by atoms with Crippen molar-refractivity contribution in [2.75, 3.05) is 0 Å². The zero-order valence-corrected chi connectivity index (χ0v) is 10.8. The predicted molar refractivity (Wildman–Crippen MR) is 75.9 cm³/mol. The number of aromatic amines is 1. The van der Waals surface area contributed by atoms with E-state index in [9.17, 15) is 0 Å². The first kappa shape index (κ1) is 11.3. The molecule has 0 unspecified atom stereocenters. The van der Waals surface area contributed by atoms with Crippen LogP contribution in [-0.4, -0.2) is 10.2 Å². The lowest BCUT2D eigenvalue weighted by Crippen LogP contribution is -1.83. The Morgan fingerprint density at radius 3 is 2.83 bits per heavy atom. The van der Waals surface area contributed by atoms with Crippen molar-refractivity contribution in [2.24, 2.45) is 0 Å². The molecule has 0 atom stereocenters. The first-order valence-electron chi connectivity index (χ1n) is 6.01. The average molecular weight is 257 g/mol. The summed E-state index contributed by atoms with van der Waals surface area (Å²) in [5, 5.41) is 9.15. The molecule has 0 aliphatic rings. The molecule has 0 fully saturated rings. The third-order valence-corrected chi connectivity index (χ3v) is 3.46.